The molecule has 18 heavy (non-hydrogen) atoms. The highest BCUT2D eigenvalue weighted by Crippen LogP contribution is 2.22. The quantitative estimate of drug-likeness (QED) is 0.763. The van der Waals surface area contributed by atoms with E-state index in [-0.39, 0.29) is 0 Å². The fourth-order valence-corrected chi connectivity index (χ4v) is 1.63. The number of nitrogens with zero attached hydrogens (tertiary/aromatic N) is 1. The Hall–Kier alpha value is -1.87. The lowest BCUT2D eigenvalue weighted by Crippen LogP contribution is -2.24. The Morgan fingerprint density at radius 3 is 2.00 bits per heavy atom. The van der Waals surface area contributed by atoms with Gasteiger partial charge in [-0.25, -0.2) is 0 Å². The summed E-state index contributed by atoms with van der Waals surface area (Å²) in [6.07, 6.45) is 0. The van der Waals surface area contributed by atoms with Crippen LogP contribution in [0.2, 0.25) is 0 Å². The SMILES string of the molecule is CN(C)C(=S)Oc1ccc(-c2ccccc2)cc1. The molecule has 0 radical (unpaired) electrons. The molecular formula is C15H15NOS. The Morgan fingerprint density at radius 2 is 1.44 bits per heavy atom. The van der Waals surface area contributed by atoms with E-state index in [1.807, 2.05) is 56.6 Å². The van der Waals surface area contributed by atoms with Crippen molar-refractivity contribution in [1.82, 2.24) is 4.90 Å². The molecule has 92 valence electrons. The lowest BCUT2D eigenvalue weighted by molar-refractivity contribution is 0.449. The van der Waals surface area contributed by atoms with Crippen LogP contribution in [-0.4, -0.2) is 24.2 Å². The van der Waals surface area contributed by atoms with Gasteiger partial charge in [0, 0.05) is 14.1 Å². The lowest BCUT2D eigenvalue weighted by Gasteiger charge is -2.14. The molecular weight excluding hydrogens is 242 g/mol. The highest BCUT2D eigenvalue weighted by Gasteiger charge is 2.02. The highest BCUT2D eigenvalue weighted by molar-refractivity contribution is 7.80. The Morgan fingerprint density at radius 1 is 0.889 bits per heavy atom. The molecule has 0 saturated carbocycles. The van der Waals surface area contributed by atoms with Gasteiger partial charge in [0.1, 0.15) is 5.75 Å². The molecule has 2 aromatic rings. The third-order valence-corrected chi connectivity index (χ3v) is 2.98. The monoisotopic (exact) mass is 257 g/mol. The molecule has 0 N–H and O–H groups in total. The van der Waals surface area contributed by atoms with Crippen LogP contribution in [0.15, 0.2) is 54.6 Å². The van der Waals surface area contributed by atoms with Crippen LogP contribution >= 0.6 is 12.2 Å². The van der Waals surface area contributed by atoms with Crippen molar-refractivity contribution >= 4 is 17.4 Å². The maximum Gasteiger partial charge on any atom is 0.264 e. The number of hydrogen-bond acceptors (Lipinski definition) is 2. The van der Waals surface area contributed by atoms with Crippen LogP contribution in [0, 0.1) is 0 Å². The number of rotatable bonds is 2. The summed E-state index contributed by atoms with van der Waals surface area (Å²) in [5, 5.41) is 0.461. The summed E-state index contributed by atoms with van der Waals surface area (Å²) in [7, 11) is 3.72. The van der Waals surface area contributed by atoms with Crippen LogP contribution in [-0.2, 0) is 0 Å². The van der Waals surface area contributed by atoms with Gasteiger partial charge in [0.25, 0.3) is 5.17 Å². The number of ether oxygens (including phenoxy) is 1. The van der Waals surface area contributed by atoms with Crippen molar-refractivity contribution in [2.75, 3.05) is 14.1 Å². The molecule has 3 heteroatoms. The van der Waals surface area contributed by atoms with Crippen LogP contribution in [0.5, 0.6) is 5.75 Å². The van der Waals surface area contributed by atoms with E-state index in [1.165, 1.54) is 11.1 Å². The van der Waals surface area contributed by atoms with Crippen molar-refractivity contribution in [2.45, 2.75) is 0 Å². The predicted octanol–water partition coefficient (Wildman–Crippen LogP) is 3.58. The van der Waals surface area contributed by atoms with Gasteiger partial charge < -0.3 is 9.64 Å². The molecule has 0 fully saturated rings. The molecule has 0 amide bonds. The average Bonchev–Trinajstić information content (AvgIpc) is 2.40. The lowest BCUT2D eigenvalue weighted by atomic mass is 10.1. The maximum atomic E-state index is 5.52. The summed E-state index contributed by atoms with van der Waals surface area (Å²) < 4.78 is 5.52. The number of benzene rings is 2. The van der Waals surface area contributed by atoms with Crippen LogP contribution in [0.1, 0.15) is 0 Å². The van der Waals surface area contributed by atoms with Crippen molar-refractivity contribution in [3.8, 4) is 16.9 Å². The minimum atomic E-state index is 0.461. The average molecular weight is 257 g/mol. The molecule has 0 heterocycles. The summed E-state index contributed by atoms with van der Waals surface area (Å²) >= 11 is 5.09. The molecule has 0 unspecified atom stereocenters. The molecule has 2 nitrogen and oxygen atoms in total. The van der Waals surface area contributed by atoms with Gasteiger partial charge in [0.2, 0.25) is 0 Å². The summed E-state index contributed by atoms with van der Waals surface area (Å²) in [5.41, 5.74) is 2.36. The minimum Gasteiger partial charge on any atom is -0.432 e. The molecule has 2 rings (SSSR count). The number of hydrogen-bond donors (Lipinski definition) is 0. The first-order valence-electron chi connectivity index (χ1n) is 5.71. The smallest absolute Gasteiger partial charge is 0.264 e. The van der Waals surface area contributed by atoms with Crippen molar-refractivity contribution in [3.05, 3.63) is 54.6 Å². The van der Waals surface area contributed by atoms with Crippen molar-refractivity contribution in [3.63, 3.8) is 0 Å². The molecule has 0 aromatic heterocycles. The summed E-state index contributed by atoms with van der Waals surface area (Å²) in [5.74, 6) is 0.758. The Balaban J connectivity index is 2.13. The van der Waals surface area contributed by atoms with Gasteiger partial charge in [0.05, 0.1) is 0 Å². The largest absolute Gasteiger partial charge is 0.432 e. The summed E-state index contributed by atoms with van der Waals surface area (Å²) in [6.45, 7) is 0. The Bertz CT molecular complexity index is 520. The maximum absolute atomic E-state index is 5.52. The Kier molecular flexibility index (Phi) is 3.95. The van der Waals surface area contributed by atoms with Gasteiger partial charge in [-0.3, -0.25) is 0 Å². The van der Waals surface area contributed by atoms with Crippen LogP contribution < -0.4 is 4.74 Å². The predicted molar refractivity (Wildman–Crippen MR) is 78.8 cm³/mol. The van der Waals surface area contributed by atoms with Gasteiger partial charge in [-0.1, -0.05) is 42.5 Å². The first-order valence-corrected chi connectivity index (χ1v) is 6.12. The summed E-state index contributed by atoms with van der Waals surface area (Å²) in [4.78, 5) is 1.76. The first-order chi connectivity index (χ1) is 8.66. The van der Waals surface area contributed by atoms with Gasteiger partial charge in [-0.15, -0.1) is 0 Å². The van der Waals surface area contributed by atoms with E-state index in [2.05, 4.69) is 12.1 Å². The van der Waals surface area contributed by atoms with Crippen molar-refractivity contribution < 1.29 is 4.74 Å². The van der Waals surface area contributed by atoms with Crippen LogP contribution in [0.3, 0.4) is 0 Å². The summed E-state index contributed by atoms with van der Waals surface area (Å²) in [6, 6.07) is 18.2. The van der Waals surface area contributed by atoms with E-state index >= 15 is 0 Å². The third kappa shape index (κ3) is 3.08. The van der Waals surface area contributed by atoms with Crippen LogP contribution in [0.4, 0.5) is 0 Å². The molecule has 0 aliphatic heterocycles. The standard InChI is InChI=1S/C15H15NOS/c1-16(2)15(18)17-14-10-8-13(9-11-14)12-6-4-3-5-7-12/h3-11H,1-2H3. The zero-order chi connectivity index (χ0) is 13.0. The van der Waals surface area contributed by atoms with Crippen LogP contribution in [0.25, 0.3) is 11.1 Å². The second-order valence-electron chi connectivity index (χ2n) is 4.15. The van der Waals surface area contributed by atoms with Gasteiger partial charge in [0.15, 0.2) is 0 Å². The zero-order valence-corrected chi connectivity index (χ0v) is 11.3. The topological polar surface area (TPSA) is 12.5 Å². The molecule has 2 aromatic carbocycles. The molecule has 0 spiro atoms. The van der Waals surface area contributed by atoms with E-state index in [0.29, 0.717) is 5.17 Å². The molecule has 0 aliphatic carbocycles. The second kappa shape index (κ2) is 5.65. The van der Waals surface area contributed by atoms with Gasteiger partial charge in [-0.2, -0.15) is 0 Å². The highest BCUT2D eigenvalue weighted by atomic mass is 32.1. The van der Waals surface area contributed by atoms with E-state index in [4.69, 9.17) is 17.0 Å². The molecule has 0 atom stereocenters. The van der Waals surface area contributed by atoms with Gasteiger partial charge in [-0.05, 0) is 35.5 Å². The van der Waals surface area contributed by atoms with E-state index < -0.39 is 0 Å². The van der Waals surface area contributed by atoms with E-state index in [9.17, 15) is 0 Å². The van der Waals surface area contributed by atoms with E-state index in [0.717, 1.165) is 5.75 Å². The third-order valence-electron chi connectivity index (χ3n) is 2.53. The minimum absolute atomic E-state index is 0.461. The number of thiocarbonyl (C=S) groups is 1. The molecule has 0 saturated heterocycles. The second-order valence-corrected chi connectivity index (χ2v) is 4.50. The normalized spacial score (nSPS) is 9.89. The molecule has 0 bridgehead atoms. The fourth-order valence-electron chi connectivity index (χ4n) is 1.54. The molecule has 0 aliphatic rings. The van der Waals surface area contributed by atoms with E-state index in [1.54, 1.807) is 4.90 Å². The van der Waals surface area contributed by atoms with Gasteiger partial charge >= 0.3 is 0 Å². The fraction of sp³-hybridized carbons (Fsp3) is 0.133. The van der Waals surface area contributed by atoms with Crippen molar-refractivity contribution in [2.24, 2.45) is 0 Å². The Labute approximate surface area is 113 Å². The zero-order valence-electron chi connectivity index (χ0n) is 10.5. The first kappa shape index (κ1) is 12.6. The van der Waals surface area contributed by atoms with Crippen molar-refractivity contribution in [1.29, 1.82) is 0 Å².